The van der Waals surface area contributed by atoms with Gasteiger partial charge in [-0.2, -0.15) is 0 Å². The minimum Gasteiger partial charge on any atom is -0.481 e. The number of hydroxylamine groups is 1. The number of amides is 2. The van der Waals surface area contributed by atoms with Gasteiger partial charge < -0.3 is 20.3 Å². The summed E-state index contributed by atoms with van der Waals surface area (Å²) < 4.78 is 5.53. The summed E-state index contributed by atoms with van der Waals surface area (Å²) in [5.41, 5.74) is 0.572. The Hall–Kier alpha value is -3.68. The quantitative estimate of drug-likeness (QED) is 0.0420. The van der Waals surface area contributed by atoms with Gasteiger partial charge in [0.1, 0.15) is 24.2 Å². The zero-order chi connectivity index (χ0) is 34.9. The third-order valence-corrected chi connectivity index (χ3v) is 7.95. The third kappa shape index (κ3) is 16.6. The smallest absolute Gasteiger partial charge is 0.336 e. The number of ether oxygens (including phenoxy) is 1. The fourth-order valence-electron chi connectivity index (χ4n) is 5.25. The average Bonchev–Trinajstić information content (AvgIpc) is 3.04. The largest absolute Gasteiger partial charge is 0.481 e. The van der Waals surface area contributed by atoms with Gasteiger partial charge in [0.25, 0.3) is 5.91 Å². The third-order valence-electron chi connectivity index (χ3n) is 7.95. The summed E-state index contributed by atoms with van der Waals surface area (Å²) >= 11 is 0. The van der Waals surface area contributed by atoms with E-state index in [9.17, 15) is 29.4 Å². The first kappa shape index (κ1) is 41.3. The predicted octanol–water partition coefficient (Wildman–Crippen LogP) is 5.85. The molecule has 0 saturated heterocycles. The lowest BCUT2D eigenvalue weighted by atomic mass is 9.82. The minimum absolute atomic E-state index is 0.0764. The summed E-state index contributed by atoms with van der Waals surface area (Å²) in [7, 11) is 1.27. The van der Waals surface area contributed by atoms with Gasteiger partial charge in [-0.15, -0.1) is 5.92 Å². The zero-order valence-electron chi connectivity index (χ0n) is 28.8. The van der Waals surface area contributed by atoms with Crippen LogP contribution in [0.2, 0.25) is 0 Å². The lowest BCUT2D eigenvalue weighted by Crippen LogP contribution is -2.55. The maximum absolute atomic E-state index is 13.6. The number of ketones is 1. The molecule has 0 aliphatic carbocycles. The number of carbonyl (C=O) groups is 4. The number of hydrogen-bond donors (Lipinski definition) is 4. The molecular weight excluding hydrogens is 600 g/mol. The lowest BCUT2D eigenvalue weighted by molar-refractivity contribution is -0.167. The Morgan fingerprint density at radius 1 is 0.915 bits per heavy atom. The van der Waals surface area contributed by atoms with E-state index in [2.05, 4.69) is 29.6 Å². The number of aliphatic hydroxyl groups is 1. The van der Waals surface area contributed by atoms with Crippen LogP contribution in [-0.4, -0.2) is 59.1 Å². The number of unbranched alkanes of at least 4 members (excludes halogenated alkanes) is 8. The number of benzene rings is 1. The van der Waals surface area contributed by atoms with Crippen LogP contribution >= 0.6 is 0 Å². The van der Waals surface area contributed by atoms with E-state index >= 15 is 0 Å². The Balaban J connectivity index is 2.87. The van der Waals surface area contributed by atoms with Crippen LogP contribution in [0.4, 0.5) is 0 Å². The summed E-state index contributed by atoms with van der Waals surface area (Å²) in [6.07, 6.45) is 14.3. The maximum atomic E-state index is 13.6. The van der Waals surface area contributed by atoms with Gasteiger partial charge in [-0.3, -0.25) is 19.2 Å². The molecule has 0 aliphatic rings. The summed E-state index contributed by atoms with van der Waals surface area (Å²) in [5, 5.41) is 23.8. The highest BCUT2D eigenvalue weighted by atomic mass is 16.6. The Bertz CT molecular complexity index is 1170. The number of carboxylic acid groups (broad SMARTS) is 1. The molecule has 262 valence electrons. The maximum Gasteiger partial charge on any atom is 0.336 e. The van der Waals surface area contributed by atoms with Crippen LogP contribution < -0.4 is 15.5 Å². The number of Topliss-reactive ketones (excluding diaryl/α,β-unsaturated/α-hetero) is 1. The molecule has 0 aromatic heterocycles. The second kappa shape index (κ2) is 24.5. The molecule has 0 saturated carbocycles. The topological polar surface area (TPSA) is 151 Å². The molecule has 3 atom stereocenters. The average molecular weight is 657 g/mol. The van der Waals surface area contributed by atoms with Crippen LogP contribution in [0.3, 0.4) is 0 Å². The molecule has 0 spiro atoms. The highest BCUT2D eigenvalue weighted by molar-refractivity contribution is 5.93. The SMILES string of the molecule is CC#CCOc1ccc(C[C@H](NC(=O)[C@@H](/C=C/CCCCCCC(=O)CCCCCCC)[C@@](O)(CCC)C(=O)O)C(=O)NOC)cc1. The van der Waals surface area contributed by atoms with Crippen LogP contribution in [-0.2, 0) is 30.4 Å². The fourth-order valence-corrected chi connectivity index (χ4v) is 5.25. The second-order valence-electron chi connectivity index (χ2n) is 11.8. The van der Waals surface area contributed by atoms with Crippen molar-refractivity contribution in [2.45, 2.75) is 129 Å². The molecule has 0 fully saturated rings. The van der Waals surface area contributed by atoms with Gasteiger partial charge in [-0.25, -0.2) is 10.3 Å². The van der Waals surface area contributed by atoms with Crippen LogP contribution in [0.15, 0.2) is 36.4 Å². The van der Waals surface area contributed by atoms with Gasteiger partial charge >= 0.3 is 5.97 Å². The minimum atomic E-state index is -2.37. The normalized spacial score (nSPS) is 13.6. The second-order valence-corrected chi connectivity index (χ2v) is 11.8. The molecule has 4 N–H and O–H groups in total. The van der Waals surface area contributed by atoms with Crippen LogP contribution in [0.25, 0.3) is 0 Å². The Labute approximate surface area is 281 Å². The molecule has 10 nitrogen and oxygen atoms in total. The van der Waals surface area contributed by atoms with Crippen molar-refractivity contribution < 1.29 is 39.0 Å². The van der Waals surface area contributed by atoms with Crippen molar-refractivity contribution in [1.29, 1.82) is 0 Å². The molecule has 0 heterocycles. The van der Waals surface area contributed by atoms with E-state index in [-0.39, 0.29) is 19.4 Å². The van der Waals surface area contributed by atoms with Crippen molar-refractivity contribution in [3.8, 4) is 17.6 Å². The first-order valence-electron chi connectivity index (χ1n) is 17.0. The number of carbonyl (C=O) groups excluding carboxylic acids is 3. The molecule has 0 unspecified atom stereocenters. The van der Waals surface area contributed by atoms with E-state index in [1.54, 1.807) is 44.2 Å². The van der Waals surface area contributed by atoms with E-state index in [0.29, 0.717) is 42.8 Å². The predicted molar refractivity (Wildman–Crippen MR) is 182 cm³/mol. The van der Waals surface area contributed by atoms with E-state index < -0.39 is 35.3 Å². The Morgan fingerprint density at radius 3 is 2.13 bits per heavy atom. The van der Waals surface area contributed by atoms with Crippen molar-refractivity contribution in [2.24, 2.45) is 5.92 Å². The monoisotopic (exact) mass is 656 g/mol. The number of rotatable bonds is 26. The van der Waals surface area contributed by atoms with Crippen molar-refractivity contribution >= 4 is 23.6 Å². The summed E-state index contributed by atoms with van der Waals surface area (Å²) in [5.74, 6) is 2.10. The molecule has 1 aromatic rings. The molecule has 0 aliphatic heterocycles. The molecule has 0 radical (unpaired) electrons. The number of nitrogens with one attached hydrogen (secondary N) is 2. The van der Waals surface area contributed by atoms with Crippen molar-refractivity contribution in [3.63, 3.8) is 0 Å². The molecule has 10 heteroatoms. The van der Waals surface area contributed by atoms with Gasteiger partial charge in [0, 0.05) is 19.3 Å². The van der Waals surface area contributed by atoms with Crippen LogP contribution in [0.5, 0.6) is 5.75 Å². The lowest BCUT2D eigenvalue weighted by Gasteiger charge is -2.31. The Kier molecular flexibility index (Phi) is 21.5. The Morgan fingerprint density at radius 2 is 1.55 bits per heavy atom. The van der Waals surface area contributed by atoms with E-state index in [1.165, 1.54) is 32.4 Å². The first-order chi connectivity index (χ1) is 22.6. The highest BCUT2D eigenvalue weighted by Crippen LogP contribution is 2.27. The molecule has 47 heavy (non-hydrogen) atoms. The standard InChI is InChI=1S/C37H56N2O8/c1-5-8-10-13-16-19-30(40)20-17-14-11-12-15-18-21-32(37(45,26-7-3)36(43)44)34(41)38-33(35(42)39-46-4)28-29-22-24-31(25-23-29)47-27-9-6-2/h18,21-25,32-33,45H,5,7-8,10-17,19-20,26-28H2,1-4H3,(H,38,41)(H,39,42)(H,43,44)/b21-18+/t32-,33+,37+/m1/s1. The first-order valence-corrected chi connectivity index (χ1v) is 17.0. The number of aliphatic carboxylic acids is 1. The summed E-state index contributed by atoms with van der Waals surface area (Å²) in [4.78, 5) is 55.6. The molecule has 0 bridgehead atoms. The summed E-state index contributed by atoms with van der Waals surface area (Å²) in [6.45, 7) is 5.85. The van der Waals surface area contributed by atoms with E-state index in [0.717, 1.165) is 38.5 Å². The van der Waals surface area contributed by atoms with Gasteiger partial charge in [0.05, 0.1) is 13.0 Å². The number of hydrogen-bond acceptors (Lipinski definition) is 7. The number of allylic oxidation sites excluding steroid dienone is 1. The molecule has 1 aromatic carbocycles. The van der Waals surface area contributed by atoms with E-state index in [1.807, 2.05) is 0 Å². The molecule has 2 amide bonds. The van der Waals surface area contributed by atoms with Crippen LogP contribution in [0.1, 0.15) is 116 Å². The van der Waals surface area contributed by atoms with Gasteiger partial charge in [0.15, 0.2) is 5.60 Å². The van der Waals surface area contributed by atoms with Crippen molar-refractivity contribution in [1.82, 2.24) is 10.8 Å². The van der Waals surface area contributed by atoms with Crippen LogP contribution in [0, 0.1) is 17.8 Å². The van der Waals surface area contributed by atoms with Gasteiger partial charge in [-0.05, 0) is 56.7 Å². The van der Waals surface area contributed by atoms with Crippen molar-refractivity contribution in [3.05, 3.63) is 42.0 Å². The highest BCUT2D eigenvalue weighted by Gasteiger charge is 2.46. The molecular formula is C37H56N2O8. The van der Waals surface area contributed by atoms with E-state index in [4.69, 9.17) is 9.57 Å². The molecule has 1 rings (SSSR count). The van der Waals surface area contributed by atoms with Gasteiger partial charge in [-0.1, -0.05) is 89.0 Å². The fraction of sp³-hybridized carbons (Fsp3) is 0.622. The van der Waals surface area contributed by atoms with Crippen molar-refractivity contribution in [2.75, 3.05) is 13.7 Å². The zero-order valence-corrected chi connectivity index (χ0v) is 28.8. The van der Waals surface area contributed by atoms with Gasteiger partial charge in [0.2, 0.25) is 5.91 Å². The number of carboxylic acids is 1. The summed E-state index contributed by atoms with van der Waals surface area (Å²) in [6, 6.07) is 5.84.